The molecule has 0 bridgehead atoms. The van der Waals surface area contributed by atoms with Gasteiger partial charge in [-0.1, -0.05) is 0 Å². The van der Waals surface area contributed by atoms with E-state index >= 15 is 0 Å². The predicted molar refractivity (Wildman–Crippen MR) is 79.1 cm³/mol. The molecule has 25 heavy (non-hydrogen) atoms. The van der Waals surface area contributed by atoms with E-state index in [1.807, 2.05) is 0 Å². The number of aliphatic hydroxyl groups excluding tert-OH is 1. The third-order valence-electron chi connectivity index (χ3n) is 3.68. The van der Waals surface area contributed by atoms with Crippen LogP contribution in [0.5, 0.6) is 5.88 Å². The maximum absolute atomic E-state index is 11.5. The summed E-state index contributed by atoms with van der Waals surface area (Å²) in [6.45, 7) is 1.94. The number of carbonyl (C=O) groups excluding carboxylic acids is 2. The van der Waals surface area contributed by atoms with Crippen LogP contribution in [0.1, 0.15) is 20.1 Å². The van der Waals surface area contributed by atoms with Crippen LogP contribution < -0.4 is 0 Å². The van der Waals surface area contributed by atoms with E-state index in [9.17, 15) is 19.8 Å². The van der Waals surface area contributed by atoms with Crippen LogP contribution in [0.15, 0.2) is 12.7 Å². The summed E-state index contributed by atoms with van der Waals surface area (Å²) < 4.78 is 17.6. The van der Waals surface area contributed by atoms with Gasteiger partial charge in [0.2, 0.25) is 5.88 Å². The monoisotopic (exact) mass is 352 g/mol. The number of esters is 2. The molecule has 1 saturated heterocycles. The Morgan fingerprint density at radius 1 is 1.20 bits per heavy atom. The van der Waals surface area contributed by atoms with Gasteiger partial charge in [0.25, 0.3) is 0 Å². The van der Waals surface area contributed by atoms with Crippen LogP contribution in [0.3, 0.4) is 0 Å². The quantitative estimate of drug-likeness (QED) is 0.676. The molecule has 4 atom stereocenters. The summed E-state index contributed by atoms with van der Waals surface area (Å²) in [5.74, 6) is -1.54. The van der Waals surface area contributed by atoms with E-state index in [0.717, 1.165) is 6.33 Å². The lowest BCUT2D eigenvalue weighted by molar-refractivity contribution is -0.165. The van der Waals surface area contributed by atoms with E-state index in [4.69, 9.17) is 14.2 Å². The summed E-state index contributed by atoms with van der Waals surface area (Å²) in [5.41, 5.74) is 0.360. The van der Waals surface area contributed by atoms with Crippen LogP contribution in [-0.2, 0) is 23.8 Å². The number of imidazole rings is 1. The second-order valence-corrected chi connectivity index (χ2v) is 5.42. The standard InChI is InChI=1S/C14H16N4O7/c1-6(20)23-10-8(3-19)25-14(11(10)24-7(2)21)18-5-17-9-12(18)15-4-16-13(9)22/h4-5,8,10-11,14,19H,3H2,1-2H3,(H,15,16,22)/t8-,10-,11-,14-/m1/s1. The maximum Gasteiger partial charge on any atom is 0.303 e. The van der Waals surface area contributed by atoms with Gasteiger partial charge in [-0.2, -0.15) is 4.98 Å². The van der Waals surface area contributed by atoms with Crippen molar-refractivity contribution >= 4 is 23.1 Å². The summed E-state index contributed by atoms with van der Waals surface area (Å²) >= 11 is 0. The Hall–Kier alpha value is -2.79. The molecular formula is C14H16N4O7. The van der Waals surface area contributed by atoms with Gasteiger partial charge in [0, 0.05) is 13.8 Å². The zero-order chi connectivity index (χ0) is 18.1. The first-order valence-electron chi connectivity index (χ1n) is 7.39. The fourth-order valence-electron chi connectivity index (χ4n) is 2.76. The van der Waals surface area contributed by atoms with E-state index < -0.39 is 43.1 Å². The molecule has 0 amide bonds. The molecule has 2 aromatic rings. The van der Waals surface area contributed by atoms with Crippen molar-refractivity contribution in [1.29, 1.82) is 0 Å². The van der Waals surface area contributed by atoms with Crippen molar-refractivity contribution in [3.8, 4) is 5.88 Å². The van der Waals surface area contributed by atoms with E-state index in [-0.39, 0.29) is 17.0 Å². The molecule has 1 aliphatic rings. The average molecular weight is 352 g/mol. The first-order valence-corrected chi connectivity index (χ1v) is 7.39. The summed E-state index contributed by atoms with van der Waals surface area (Å²) in [7, 11) is 0. The zero-order valence-electron chi connectivity index (χ0n) is 13.4. The van der Waals surface area contributed by atoms with E-state index in [0.29, 0.717) is 0 Å². The minimum absolute atomic E-state index is 0.129. The Bertz CT molecular complexity index is 808. The number of fused-ring (bicyclic) bond motifs is 1. The van der Waals surface area contributed by atoms with Crippen molar-refractivity contribution in [2.45, 2.75) is 38.4 Å². The number of carbonyl (C=O) groups is 2. The van der Waals surface area contributed by atoms with Crippen molar-refractivity contribution in [3.05, 3.63) is 12.7 Å². The van der Waals surface area contributed by atoms with Crippen molar-refractivity contribution in [2.24, 2.45) is 0 Å². The Morgan fingerprint density at radius 2 is 1.88 bits per heavy atom. The Labute approximate surface area is 141 Å². The summed E-state index contributed by atoms with van der Waals surface area (Å²) in [5, 5.41) is 19.3. The number of ether oxygens (including phenoxy) is 3. The second kappa shape index (κ2) is 6.61. The van der Waals surface area contributed by atoms with Gasteiger partial charge in [-0.05, 0) is 0 Å². The molecule has 0 aliphatic carbocycles. The predicted octanol–water partition coefficient (Wildman–Crippen LogP) is -0.715. The van der Waals surface area contributed by atoms with Gasteiger partial charge in [0.15, 0.2) is 29.6 Å². The highest BCUT2D eigenvalue weighted by molar-refractivity contribution is 5.75. The first kappa shape index (κ1) is 17.0. The third-order valence-corrected chi connectivity index (χ3v) is 3.68. The fraction of sp³-hybridized carbons (Fsp3) is 0.500. The van der Waals surface area contributed by atoms with Gasteiger partial charge < -0.3 is 24.4 Å². The summed E-state index contributed by atoms with van der Waals surface area (Å²) in [4.78, 5) is 34.5. The van der Waals surface area contributed by atoms with Crippen LogP contribution >= 0.6 is 0 Å². The third kappa shape index (κ3) is 3.10. The van der Waals surface area contributed by atoms with Crippen LogP contribution in [0.4, 0.5) is 0 Å². The van der Waals surface area contributed by atoms with Crippen molar-refractivity contribution in [2.75, 3.05) is 6.61 Å². The lowest BCUT2D eigenvalue weighted by atomic mass is 10.1. The molecule has 11 heteroatoms. The van der Waals surface area contributed by atoms with Crippen LogP contribution in [0, 0.1) is 0 Å². The average Bonchev–Trinajstić information content (AvgIpc) is 3.10. The molecule has 11 nitrogen and oxygen atoms in total. The highest BCUT2D eigenvalue weighted by Gasteiger charge is 2.50. The molecule has 2 aromatic heterocycles. The number of rotatable bonds is 4. The van der Waals surface area contributed by atoms with Crippen molar-refractivity contribution < 1.29 is 34.0 Å². The number of hydrogen-bond donors (Lipinski definition) is 2. The normalized spacial score (nSPS) is 25.9. The smallest absolute Gasteiger partial charge is 0.303 e. The van der Waals surface area contributed by atoms with E-state index in [1.54, 1.807) is 0 Å². The largest absolute Gasteiger partial charge is 0.492 e. The van der Waals surface area contributed by atoms with Gasteiger partial charge in [-0.3, -0.25) is 14.2 Å². The highest BCUT2D eigenvalue weighted by Crippen LogP contribution is 2.36. The molecule has 1 aliphatic heterocycles. The number of aliphatic hydroxyl groups is 1. The fourth-order valence-corrected chi connectivity index (χ4v) is 2.76. The number of aromatic nitrogens is 4. The zero-order valence-corrected chi connectivity index (χ0v) is 13.4. The Morgan fingerprint density at radius 3 is 2.52 bits per heavy atom. The molecule has 0 radical (unpaired) electrons. The molecule has 134 valence electrons. The topological polar surface area (TPSA) is 146 Å². The van der Waals surface area contributed by atoms with E-state index in [1.165, 1.54) is 24.7 Å². The van der Waals surface area contributed by atoms with Crippen LogP contribution in [0.25, 0.3) is 11.2 Å². The highest BCUT2D eigenvalue weighted by atomic mass is 16.6. The Balaban J connectivity index is 2.04. The number of aromatic hydroxyl groups is 1. The molecule has 3 heterocycles. The van der Waals surface area contributed by atoms with Crippen LogP contribution in [-0.4, -0.2) is 66.6 Å². The van der Waals surface area contributed by atoms with Gasteiger partial charge >= 0.3 is 11.9 Å². The Kier molecular flexibility index (Phi) is 4.51. The number of hydrogen-bond acceptors (Lipinski definition) is 10. The van der Waals surface area contributed by atoms with Crippen LogP contribution in [0.2, 0.25) is 0 Å². The summed E-state index contributed by atoms with van der Waals surface area (Å²) in [6, 6.07) is 0. The lowest BCUT2D eigenvalue weighted by Crippen LogP contribution is -2.40. The molecule has 0 unspecified atom stereocenters. The van der Waals surface area contributed by atoms with E-state index in [2.05, 4.69) is 15.0 Å². The maximum atomic E-state index is 11.5. The molecule has 0 spiro atoms. The van der Waals surface area contributed by atoms with Crippen molar-refractivity contribution in [1.82, 2.24) is 19.5 Å². The second-order valence-electron chi connectivity index (χ2n) is 5.42. The van der Waals surface area contributed by atoms with Gasteiger partial charge in [0.05, 0.1) is 12.9 Å². The molecule has 3 rings (SSSR count). The van der Waals surface area contributed by atoms with Gasteiger partial charge in [-0.25, -0.2) is 9.97 Å². The summed E-state index contributed by atoms with van der Waals surface area (Å²) in [6.07, 6.45) is -1.46. The molecule has 0 saturated carbocycles. The SMILES string of the molecule is CC(=O)O[C@@H]1[C@H](OC(C)=O)[C@@H](CO)O[C@H]1n1cnc2c(O)ncnc21. The molecule has 0 aromatic carbocycles. The van der Waals surface area contributed by atoms with Gasteiger partial charge in [-0.15, -0.1) is 0 Å². The lowest BCUT2D eigenvalue weighted by Gasteiger charge is -2.23. The van der Waals surface area contributed by atoms with Gasteiger partial charge in [0.1, 0.15) is 12.4 Å². The number of nitrogens with zero attached hydrogens (tertiary/aromatic N) is 4. The molecular weight excluding hydrogens is 336 g/mol. The molecule has 2 N–H and O–H groups in total. The van der Waals surface area contributed by atoms with Crippen molar-refractivity contribution in [3.63, 3.8) is 0 Å². The minimum atomic E-state index is -1.03. The minimum Gasteiger partial charge on any atom is -0.492 e. The molecule has 1 fully saturated rings. The first-order chi connectivity index (χ1) is 11.9.